The molecule has 8 bridgehead atoms. The number of aliphatic imine (C=N–C) groups is 5. The summed E-state index contributed by atoms with van der Waals surface area (Å²) in [5.41, 5.74) is 1.53. The highest BCUT2D eigenvalue weighted by molar-refractivity contribution is 6.23. The molecule has 5 heterocycles. The lowest BCUT2D eigenvalue weighted by atomic mass is 10.4. The van der Waals surface area contributed by atoms with Gasteiger partial charge in [-0.15, -0.1) is 0 Å². The van der Waals surface area contributed by atoms with Gasteiger partial charge in [0.25, 0.3) is 0 Å². The van der Waals surface area contributed by atoms with Crippen LogP contribution < -0.4 is 10.8 Å². The highest BCUT2D eigenvalue weighted by atomic mass is 15.1. The molecule has 1 aromatic rings. The van der Waals surface area contributed by atoms with Crippen molar-refractivity contribution in [2.75, 3.05) is 0 Å². The Morgan fingerprint density at radius 2 is 1.04 bits per heavy atom. The molecule has 0 fully saturated rings. The zero-order valence-electron chi connectivity index (χ0n) is 11.8. The molecule has 0 unspecified atom stereocenters. The third-order valence-corrected chi connectivity index (χ3v) is 3.49. The summed E-state index contributed by atoms with van der Waals surface area (Å²) in [6.45, 7) is 0. The summed E-state index contributed by atoms with van der Waals surface area (Å²) in [6.07, 6.45) is 11.0. The number of nitrogens with zero attached hydrogens (tertiary/aromatic N) is 6. The molecule has 0 aromatic carbocycles. The molecule has 7 heteroatoms. The summed E-state index contributed by atoms with van der Waals surface area (Å²) in [5.74, 6) is 2.92. The molecule has 108 valence electrons. The molecule has 0 saturated carbocycles. The van der Waals surface area contributed by atoms with E-state index in [2.05, 4.69) is 34.9 Å². The van der Waals surface area contributed by atoms with Gasteiger partial charge in [-0.1, -0.05) is 0 Å². The van der Waals surface area contributed by atoms with E-state index in [0.717, 1.165) is 11.0 Å². The van der Waals surface area contributed by atoms with E-state index < -0.39 is 0 Å². The fraction of sp³-hybridized carbons (Fsp3) is 0. The second kappa shape index (κ2) is 4.51. The lowest BCUT2D eigenvalue weighted by molar-refractivity contribution is 1.18. The first-order valence-electron chi connectivity index (χ1n) is 7.08. The topological polar surface area (TPSA) is 89.9 Å². The van der Waals surface area contributed by atoms with Crippen LogP contribution in [-0.2, 0) is 0 Å². The predicted octanol–water partition coefficient (Wildman–Crippen LogP) is 0.458. The van der Waals surface area contributed by atoms with Crippen LogP contribution in [0.25, 0.3) is 5.70 Å². The Morgan fingerprint density at radius 1 is 0.522 bits per heavy atom. The fourth-order valence-corrected chi connectivity index (χ4v) is 2.45. The first kappa shape index (κ1) is 12.1. The van der Waals surface area contributed by atoms with Gasteiger partial charge >= 0.3 is 0 Å². The zero-order valence-corrected chi connectivity index (χ0v) is 11.8. The van der Waals surface area contributed by atoms with E-state index in [1.54, 1.807) is 12.2 Å². The van der Waals surface area contributed by atoms with Crippen molar-refractivity contribution in [2.45, 2.75) is 0 Å². The summed E-state index contributed by atoms with van der Waals surface area (Å²) >= 11 is 0. The molecular formula is C16H9N7. The Balaban J connectivity index is 1.78. The standard InChI is InChI=1S/C16H9N7/c1-3-11-17-9(1)10-2-4-12(18-10)20-14-6-8-16(22-14)23-15-7-5-13(19-11)21-15/h1-8H,(H,17,18,19,20,21,22,23). The van der Waals surface area contributed by atoms with E-state index in [-0.39, 0.29) is 0 Å². The second-order valence-electron chi connectivity index (χ2n) is 5.10. The minimum atomic E-state index is 0.566. The quantitative estimate of drug-likeness (QED) is 0.721. The molecule has 0 saturated heterocycles. The minimum Gasteiger partial charge on any atom is -0.338 e. The summed E-state index contributed by atoms with van der Waals surface area (Å²) in [4.78, 5) is 29.7. The molecule has 0 aliphatic carbocycles. The van der Waals surface area contributed by atoms with Crippen LogP contribution in [0.5, 0.6) is 0 Å². The highest BCUT2D eigenvalue weighted by Gasteiger charge is 2.11. The molecule has 0 amide bonds. The lowest BCUT2D eigenvalue weighted by Crippen LogP contribution is -2.12. The third kappa shape index (κ3) is 2.15. The zero-order chi connectivity index (χ0) is 15.2. The molecule has 5 rings (SSSR count). The first-order valence-corrected chi connectivity index (χ1v) is 7.08. The Morgan fingerprint density at radius 3 is 1.70 bits per heavy atom. The number of aromatic amines is 1. The molecule has 4 aliphatic rings. The molecule has 1 aromatic heterocycles. The molecule has 1 N–H and O–H groups in total. The number of nitrogens with one attached hydrogen (secondary N) is 1. The number of amidine groups is 5. The largest absolute Gasteiger partial charge is 0.338 e. The number of H-pyrrole nitrogens is 1. The van der Waals surface area contributed by atoms with Crippen LogP contribution in [0, 0.1) is 0 Å². The maximum absolute atomic E-state index is 4.49. The smallest absolute Gasteiger partial charge is 0.156 e. The third-order valence-electron chi connectivity index (χ3n) is 3.49. The van der Waals surface area contributed by atoms with Gasteiger partial charge in [0.05, 0.1) is 11.0 Å². The van der Waals surface area contributed by atoms with Crippen LogP contribution in [-0.4, -0.2) is 34.2 Å². The summed E-state index contributed by atoms with van der Waals surface area (Å²) in [7, 11) is 0. The van der Waals surface area contributed by atoms with E-state index in [1.165, 1.54) is 0 Å². The van der Waals surface area contributed by atoms with Gasteiger partial charge in [0.1, 0.15) is 5.49 Å². The number of fused-ring (bicyclic) bond motifs is 5. The van der Waals surface area contributed by atoms with Gasteiger partial charge in [0.15, 0.2) is 29.2 Å². The van der Waals surface area contributed by atoms with E-state index >= 15 is 0 Å². The van der Waals surface area contributed by atoms with Gasteiger partial charge in [-0.3, -0.25) is 0 Å². The van der Waals surface area contributed by atoms with Gasteiger partial charge in [-0.25, -0.2) is 30.0 Å². The number of aromatic nitrogens is 1. The second-order valence-corrected chi connectivity index (χ2v) is 5.10. The number of rotatable bonds is 0. The molecule has 4 aliphatic heterocycles. The average molecular weight is 299 g/mol. The maximum atomic E-state index is 4.49. The van der Waals surface area contributed by atoms with Crippen LogP contribution >= 0.6 is 0 Å². The number of hydrogen-bond acceptors (Lipinski definition) is 6. The predicted molar refractivity (Wildman–Crippen MR) is 89.6 cm³/mol. The molecular weight excluding hydrogens is 290 g/mol. The molecule has 7 nitrogen and oxygen atoms in total. The minimum absolute atomic E-state index is 0.566. The van der Waals surface area contributed by atoms with Crippen LogP contribution in [0.15, 0.2) is 78.5 Å². The molecule has 0 atom stereocenters. The van der Waals surface area contributed by atoms with Crippen molar-refractivity contribution in [3.8, 4) is 0 Å². The van der Waals surface area contributed by atoms with Crippen molar-refractivity contribution >= 4 is 34.9 Å². The Bertz CT molecular complexity index is 1100. The van der Waals surface area contributed by atoms with E-state index in [1.807, 2.05) is 36.4 Å². The highest BCUT2D eigenvalue weighted by Crippen LogP contribution is 2.11. The van der Waals surface area contributed by atoms with E-state index in [0.29, 0.717) is 34.7 Å². The van der Waals surface area contributed by atoms with Gasteiger partial charge in [-0.05, 0) is 48.6 Å². The number of hydrogen-bond donors (Lipinski definition) is 1. The maximum Gasteiger partial charge on any atom is 0.156 e. The summed E-state index contributed by atoms with van der Waals surface area (Å²) in [5, 5.41) is 0.882. The van der Waals surface area contributed by atoms with Gasteiger partial charge < -0.3 is 4.98 Å². The van der Waals surface area contributed by atoms with Crippen LogP contribution in [0.2, 0.25) is 0 Å². The van der Waals surface area contributed by atoms with Crippen molar-refractivity contribution in [1.82, 2.24) is 4.98 Å². The first-order chi connectivity index (χ1) is 11.3. The van der Waals surface area contributed by atoms with Gasteiger partial charge in [0, 0.05) is 0 Å². The SMILES string of the molecule is C1=CC2=NC3=NC(=c4ccc([nH]4)=NC4=NC(=NC1=N2)C=C4)C=C3. The molecule has 0 spiro atoms. The molecule has 0 radical (unpaired) electrons. The van der Waals surface area contributed by atoms with Crippen molar-refractivity contribution < 1.29 is 0 Å². The van der Waals surface area contributed by atoms with Crippen molar-refractivity contribution in [3.05, 3.63) is 59.4 Å². The Labute approximate surface area is 130 Å². The van der Waals surface area contributed by atoms with Crippen LogP contribution in [0.3, 0.4) is 0 Å². The van der Waals surface area contributed by atoms with E-state index in [4.69, 9.17) is 0 Å². The molecule has 23 heavy (non-hydrogen) atoms. The van der Waals surface area contributed by atoms with E-state index in [9.17, 15) is 0 Å². The van der Waals surface area contributed by atoms with Gasteiger partial charge in [0.2, 0.25) is 0 Å². The average Bonchev–Trinajstić information content (AvgIpc) is 3.28. The van der Waals surface area contributed by atoms with Crippen molar-refractivity contribution in [3.63, 3.8) is 0 Å². The van der Waals surface area contributed by atoms with Crippen LogP contribution in [0.1, 0.15) is 0 Å². The summed E-state index contributed by atoms with van der Waals surface area (Å²) < 4.78 is 0. The van der Waals surface area contributed by atoms with Gasteiger partial charge in [-0.2, -0.15) is 0 Å². The van der Waals surface area contributed by atoms with Crippen LogP contribution in [0.4, 0.5) is 0 Å². The Kier molecular flexibility index (Phi) is 2.37. The van der Waals surface area contributed by atoms with Crippen molar-refractivity contribution in [1.29, 1.82) is 0 Å². The normalized spacial score (nSPS) is 20.3. The Hall–Kier alpha value is -3.48. The van der Waals surface area contributed by atoms with Crippen molar-refractivity contribution in [2.24, 2.45) is 30.0 Å². The lowest BCUT2D eigenvalue weighted by Gasteiger charge is -1.90. The summed E-state index contributed by atoms with van der Waals surface area (Å²) in [6, 6.07) is 3.83. The fourth-order valence-electron chi connectivity index (χ4n) is 2.45. The monoisotopic (exact) mass is 299 g/mol.